The molecule has 25 heavy (non-hydrogen) atoms. The molecule has 2 unspecified atom stereocenters. The summed E-state index contributed by atoms with van der Waals surface area (Å²) in [5, 5.41) is 12.2. The molecular formula is C19H29N3O3. The number of benzene rings is 1. The van der Waals surface area contributed by atoms with Gasteiger partial charge in [0.1, 0.15) is 12.1 Å². The minimum Gasteiger partial charge on any atom is -0.480 e. The number of unbranched alkanes of at least 4 members (excludes halogenated alkanes) is 1. The van der Waals surface area contributed by atoms with Crippen molar-refractivity contribution in [2.75, 3.05) is 33.2 Å². The molecule has 0 spiro atoms. The molecule has 0 aromatic heterocycles. The van der Waals surface area contributed by atoms with Gasteiger partial charge in [-0.05, 0) is 19.0 Å². The highest BCUT2D eigenvalue weighted by Crippen LogP contribution is 2.23. The molecule has 6 nitrogen and oxygen atoms in total. The summed E-state index contributed by atoms with van der Waals surface area (Å²) in [5.41, 5.74) is 0.907. The largest absolute Gasteiger partial charge is 0.480 e. The van der Waals surface area contributed by atoms with Crippen LogP contribution in [0.3, 0.4) is 0 Å². The van der Waals surface area contributed by atoms with E-state index >= 15 is 0 Å². The smallest absolute Gasteiger partial charge is 0.326 e. The lowest BCUT2D eigenvalue weighted by molar-refractivity contribution is -0.143. The van der Waals surface area contributed by atoms with Gasteiger partial charge >= 0.3 is 5.97 Å². The first-order chi connectivity index (χ1) is 12.0. The molecule has 1 saturated heterocycles. The molecule has 1 amide bonds. The Bertz CT molecular complexity index is 556. The third-order valence-electron chi connectivity index (χ3n) is 4.73. The summed E-state index contributed by atoms with van der Waals surface area (Å²) in [5.74, 6) is -1.19. The Balaban J connectivity index is 2.16. The molecule has 2 atom stereocenters. The number of amides is 1. The number of nitrogens with zero attached hydrogens (tertiary/aromatic N) is 2. The van der Waals surface area contributed by atoms with Crippen LogP contribution in [0.1, 0.15) is 37.8 Å². The molecule has 1 aromatic carbocycles. The molecule has 2 rings (SSSR count). The van der Waals surface area contributed by atoms with E-state index in [9.17, 15) is 14.7 Å². The third kappa shape index (κ3) is 5.54. The number of likely N-dealkylation sites (N-methyl/N-ethyl adjacent to an activating group) is 1. The first-order valence-corrected chi connectivity index (χ1v) is 9.03. The summed E-state index contributed by atoms with van der Waals surface area (Å²) in [7, 11) is 2.07. The number of carbonyl (C=O) groups is 2. The summed E-state index contributed by atoms with van der Waals surface area (Å²) in [6.45, 7) is 5.38. The number of carboxylic acids is 1. The Labute approximate surface area is 149 Å². The number of piperazine rings is 1. The van der Waals surface area contributed by atoms with E-state index < -0.39 is 18.1 Å². The van der Waals surface area contributed by atoms with Gasteiger partial charge in [0.15, 0.2) is 0 Å². The van der Waals surface area contributed by atoms with Crippen LogP contribution >= 0.6 is 0 Å². The SMILES string of the molecule is CCCCC(NC(=O)C(c1ccccc1)N1CCN(C)CC1)C(=O)O. The predicted octanol–water partition coefficient (Wildman–Crippen LogP) is 1.73. The number of carbonyl (C=O) groups excluding carboxylic acids is 1. The van der Waals surface area contributed by atoms with Crippen LogP contribution in [0.25, 0.3) is 0 Å². The van der Waals surface area contributed by atoms with Gasteiger partial charge in [-0.15, -0.1) is 0 Å². The van der Waals surface area contributed by atoms with Crippen LogP contribution in [0.4, 0.5) is 0 Å². The van der Waals surface area contributed by atoms with Gasteiger partial charge in [-0.3, -0.25) is 9.69 Å². The predicted molar refractivity (Wildman–Crippen MR) is 97.3 cm³/mol. The average Bonchev–Trinajstić information content (AvgIpc) is 2.61. The molecule has 0 aliphatic carbocycles. The molecule has 6 heteroatoms. The maximum Gasteiger partial charge on any atom is 0.326 e. The highest BCUT2D eigenvalue weighted by molar-refractivity contribution is 5.87. The van der Waals surface area contributed by atoms with Crippen molar-refractivity contribution in [3.05, 3.63) is 35.9 Å². The van der Waals surface area contributed by atoms with E-state index in [2.05, 4.69) is 22.2 Å². The molecular weight excluding hydrogens is 318 g/mol. The fourth-order valence-electron chi connectivity index (χ4n) is 3.16. The number of rotatable bonds is 8. The highest BCUT2D eigenvalue weighted by Gasteiger charge is 2.32. The zero-order valence-electron chi connectivity index (χ0n) is 15.1. The van der Waals surface area contributed by atoms with Crippen molar-refractivity contribution in [2.45, 2.75) is 38.3 Å². The Morgan fingerprint density at radius 1 is 1.16 bits per heavy atom. The highest BCUT2D eigenvalue weighted by atomic mass is 16.4. The van der Waals surface area contributed by atoms with E-state index in [4.69, 9.17) is 0 Å². The molecule has 1 heterocycles. The van der Waals surface area contributed by atoms with Crippen molar-refractivity contribution in [1.29, 1.82) is 0 Å². The van der Waals surface area contributed by atoms with Gasteiger partial charge in [0, 0.05) is 26.2 Å². The van der Waals surface area contributed by atoms with Crippen LogP contribution in [0.2, 0.25) is 0 Å². The first-order valence-electron chi connectivity index (χ1n) is 9.03. The minimum atomic E-state index is -0.966. The van der Waals surface area contributed by atoms with Crippen molar-refractivity contribution < 1.29 is 14.7 Å². The monoisotopic (exact) mass is 347 g/mol. The Hall–Kier alpha value is -1.92. The van der Waals surface area contributed by atoms with Gasteiger partial charge in [-0.2, -0.15) is 0 Å². The van der Waals surface area contributed by atoms with Crippen LogP contribution in [0.5, 0.6) is 0 Å². The van der Waals surface area contributed by atoms with Crippen LogP contribution in [0.15, 0.2) is 30.3 Å². The molecule has 0 radical (unpaired) electrons. The quantitative estimate of drug-likeness (QED) is 0.749. The molecule has 1 aliphatic rings. The fourth-order valence-corrected chi connectivity index (χ4v) is 3.16. The van der Waals surface area contributed by atoms with E-state index in [1.54, 1.807) is 0 Å². The van der Waals surface area contributed by atoms with Gasteiger partial charge in [0.25, 0.3) is 0 Å². The minimum absolute atomic E-state index is 0.223. The first kappa shape index (κ1) is 19.4. The Morgan fingerprint density at radius 3 is 2.36 bits per heavy atom. The maximum atomic E-state index is 13.0. The van der Waals surface area contributed by atoms with Gasteiger partial charge in [0.2, 0.25) is 5.91 Å². The lowest BCUT2D eigenvalue weighted by Crippen LogP contribution is -2.52. The molecule has 1 aromatic rings. The number of nitrogens with one attached hydrogen (secondary N) is 1. The zero-order valence-corrected chi connectivity index (χ0v) is 15.1. The number of hydrogen-bond acceptors (Lipinski definition) is 4. The van der Waals surface area contributed by atoms with Crippen molar-refractivity contribution in [1.82, 2.24) is 15.1 Å². The van der Waals surface area contributed by atoms with Crippen molar-refractivity contribution >= 4 is 11.9 Å². The van der Waals surface area contributed by atoms with E-state index in [-0.39, 0.29) is 5.91 Å². The lowest BCUT2D eigenvalue weighted by Gasteiger charge is -2.37. The molecule has 1 aliphatic heterocycles. The Kier molecular flexibility index (Phi) is 7.40. The van der Waals surface area contributed by atoms with Gasteiger partial charge in [0.05, 0.1) is 0 Å². The molecule has 2 N–H and O–H groups in total. The second-order valence-electron chi connectivity index (χ2n) is 6.69. The van der Waals surface area contributed by atoms with Crippen molar-refractivity contribution in [2.24, 2.45) is 0 Å². The van der Waals surface area contributed by atoms with Gasteiger partial charge in [-0.1, -0.05) is 50.1 Å². The fraction of sp³-hybridized carbons (Fsp3) is 0.579. The van der Waals surface area contributed by atoms with E-state index in [1.807, 2.05) is 37.3 Å². The number of carboxylic acid groups (broad SMARTS) is 1. The number of aliphatic carboxylic acids is 1. The van der Waals surface area contributed by atoms with E-state index in [0.717, 1.165) is 44.6 Å². The number of hydrogen-bond donors (Lipinski definition) is 2. The summed E-state index contributed by atoms with van der Waals surface area (Å²) in [6, 6.07) is 8.34. The standard InChI is InChI=1S/C19H29N3O3/c1-3-4-10-16(19(24)25)20-18(23)17(15-8-6-5-7-9-15)22-13-11-21(2)12-14-22/h5-9,16-17H,3-4,10-14H2,1-2H3,(H,20,23)(H,24,25). The van der Waals surface area contributed by atoms with Crippen LogP contribution in [-0.2, 0) is 9.59 Å². The van der Waals surface area contributed by atoms with Gasteiger partial charge < -0.3 is 15.3 Å². The second kappa shape index (κ2) is 9.53. The van der Waals surface area contributed by atoms with E-state index in [1.165, 1.54) is 0 Å². The van der Waals surface area contributed by atoms with Crippen molar-refractivity contribution in [3.63, 3.8) is 0 Å². The Morgan fingerprint density at radius 2 is 1.80 bits per heavy atom. The van der Waals surface area contributed by atoms with Crippen molar-refractivity contribution in [3.8, 4) is 0 Å². The summed E-state index contributed by atoms with van der Waals surface area (Å²) in [6.07, 6.45) is 2.14. The third-order valence-corrected chi connectivity index (χ3v) is 4.73. The summed E-state index contributed by atoms with van der Waals surface area (Å²) in [4.78, 5) is 28.8. The summed E-state index contributed by atoms with van der Waals surface area (Å²) < 4.78 is 0. The second-order valence-corrected chi connectivity index (χ2v) is 6.69. The molecule has 0 bridgehead atoms. The van der Waals surface area contributed by atoms with Gasteiger partial charge in [-0.25, -0.2) is 4.79 Å². The molecule has 138 valence electrons. The molecule has 0 saturated carbocycles. The lowest BCUT2D eigenvalue weighted by atomic mass is 10.0. The maximum absolute atomic E-state index is 13.0. The molecule has 1 fully saturated rings. The van der Waals surface area contributed by atoms with Crippen LogP contribution < -0.4 is 5.32 Å². The van der Waals surface area contributed by atoms with Crippen LogP contribution in [0, 0.1) is 0 Å². The summed E-state index contributed by atoms with van der Waals surface area (Å²) >= 11 is 0. The normalized spacial score (nSPS) is 18.5. The van der Waals surface area contributed by atoms with E-state index in [0.29, 0.717) is 6.42 Å². The topological polar surface area (TPSA) is 72.9 Å². The zero-order chi connectivity index (χ0) is 18.2. The average molecular weight is 347 g/mol. The van der Waals surface area contributed by atoms with Crippen LogP contribution in [-0.4, -0.2) is 66.1 Å².